The molecular formula is C14H16ClF3N2O. The van der Waals surface area contributed by atoms with Gasteiger partial charge in [-0.2, -0.15) is 13.2 Å². The monoisotopic (exact) mass is 320 g/mol. The van der Waals surface area contributed by atoms with Gasteiger partial charge in [-0.1, -0.05) is 12.8 Å². The summed E-state index contributed by atoms with van der Waals surface area (Å²) in [7, 11) is 0. The Labute approximate surface area is 126 Å². The van der Waals surface area contributed by atoms with Crippen LogP contribution >= 0.6 is 11.6 Å². The molecule has 21 heavy (non-hydrogen) atoms. The second-order valence-electron chi connectivity index (χ2n) is 5.09. The van der Waals surface area contributed by atoms with Gasteiger partial charge in [0.15, 0.2) is 0 Å². The van der Waals surface area contributed by atoms with E-state index >= 15 is 0 Å². The zero-order valence-electron chi connectivity index (χ0n) is 11.4. The molecule has 1 unspecified atom stereocenters. The van der Waals surface area contributed by atoms with E-state index in [0.29, 0.717) is 18.6 Å². The number of likely N-dealkylation sites (tertiary alicyclic amines) is 1. The number of aromatic nitrogens is 1. The van der Waals surface area contributed by atoms with Gasteiger partial charge in [0.1, 0.15) is 5.69 Å². The molecule has 1 aliphatic heterocycles. The molecule has 2 heterocycles. The van der Waals surface area contributed by atoms with Gasteiger partial charge in [-0.05, 0) is 25.0 Å². The summed E-state index contributed by atoms with van der Waals surface area (Å²) in [6.07, 6.45) is -0.0362. The highest BCUT2D eigenvalue weighted by molar-refractivity contribution is 6.18. The third-order valence-corrected chi connectivity index (χ3v) is 3.98. The second kappa shape index (κ2) is 6.64. The predicted octanol–water partition coefficient (Wildman–Crippen LogP) is 3.72. The molecular weight excluding hydrogens is 305 g/mol. The molecule has 0 aliphatic carbocycles. The van der Waals surface area contributed by atoms with Crippen LogP contribution in [0.5, 0.6) is 0 Å². The van der Waals surface area contributed by atoms with Gasteiger partial charge in [0.2, 0.25) is 0 Å². The first-order valence-corrected chi connectivity index (χ1v) is 7.37. The highest BCUT2D eigenvalue weighted by Gasteiger charge is 2.32. The Balaban J connectivity index is 2.18. The van der Waals surface area contributed by atoms with Crippen molar-refractivity contribution in [3.63, 3.8) is 0 Å². The van der Waals surface area contributed by atoms with Gasteiger partial charge in [0.25, 0.3) is 5.91 Å². The van der Waals surface area contributed by atoms with Crippen LogP contribution in [0.1, 0.15) is 41.7 Å². The van der Waals surface area contributed by atoms with Gasteiger partial charge in [-0.3, -0.25) is 9.78 Å². The normalized spacial score (nSPS) is 20.2. The molecule has 0 N–H and O–H groups in total. The molecule has 0 saturated carbocycles. The highest BCUT2D eigenvalue weighted by Crippen LogP contribution is 2.28. The molecule has 1 fully saturated rings. The molecule has 2 rings (SSSR count). The van der Waals surface area contributed by atoms with Crippen LogP contribution in [0.15, 0.2) is 18.3 Å². The summed E-state index contributed by atoms with van der Waals surface area (Å²) >= 11 is 5.90. The number of hydrogen-bond acceptors (Lipinski definition) is 2. The third kappa shape index (κ3) is 3.87. The standard InChI is InChI=1S/C14H16ClF3N2O/c15-8-11-4-2-1-3-7-20(11)13(21)12-6-5-10(9-19-12)14(16,17)18/h5-6,9,11H,1-4,7-8H2. The van der Waals surface area contributed by atoms with E-state index in [1.165, 1.54) is 0 Å². The van der Waals surface area contributed by atoms with E-state index in [4.69, 9.17) is 11.6 Å². The summed E-state index contributed by atoms with van der Waals surface area (Å²) in [4.78, 5) is 17.7. The maximum Gasteiger partial charge on any atom is 0.417 e. The molecule has 1 aromatic heterocycles. The first kappa shape index (κ1) is 16.1. The van der Waals surface area contributed by atoms with E-state index < -0.39 is 11.7 Å². The van der Waals surface area contributed by atoms with E-state index in [9.17, 15) is 18.0 Å². The highest BCUT2D eigenvalue weighted by atomic mass is 35.5. The summed E-state index contributed by atoms with van der Waals surface area (Å²) in [6.45, 7) is 0.568. The van der Waals surface area contributed by atoms with E-state index in [1.54, 1.807) is 4.90 Å². The Kier molecular flexibility index (Phi) is 5.08. The lowest BCUT2D eigenvalue weighted by atomic mass is 10.1. The molecule has 1 aromatic rings. The Morgan fingerprint density at radius 2 is 2.10 bits per heavy atom. The summed E-state index contributed by atoms with van der Waals surface area (Å²) in [6, 6.07) is 1.93. The average Bonchev–Trinajstić information content (AvgIpc) is 2.70. The van der Waals surface area contributed by atoms with Crippen molar-refractivity contribution in [3.05, 3.63) is 29.6 Å². The molecule has 1 aliphatic rings. The Hall–Kier alpha value is -1.30. The lowest BCUT2D eigenvalue weighted by molar-refractivity contribution is -0.137. The van der Waals surface area contributed by atoms with Crippen molar-refractivity contribution in [3.8, 4) is 0 Å². The van der Waals surface area contributed by atoms with Gasteiger partial charge in [-0.25, -0.2) is 0 Å². The molecule has 1 saturated heterocycles. The first-order chi connectivity index (χ1) is 9.93. The first-order valence-electron chi connectivity index (χ1n) is 6.83. The zero-order valence-corrected chi connectivity index (χ0v) is 12.1. The SMILES string of the molecule is O=C(c1ccc(C(F)(F)F)cn1)N1CCCCCC1CCl. The zero-order chi connectivity index (χ0) is 15.5. The molecule has 1 amide bonds. The number of carbonyl (C=O) groups is 1. The minimum absolute atomic E-state index is 0.0278. The van der Waals surface area contributed by atoms with E-state index in [-0.39, 0.29) is 17.6 Å². The van der Waals surface area contributed by atoms with Gasteiger partial charge < -0.3 is 4.90 Å². The van der Waals surface area contributed by atoms with Crippen molar-refractivity contribution in [1.82, 2.24) is 9.88 Å². The molecule has 116 valence electrons. The molecule has 7 heteroatoms. The van der Waals surface area contributed by atoms with Crippen molar-refractivity contribution in [1.29, 1.82) is 0 Å². The predicted molar refractivity (Wildman–Crippen MR) is 73.3 cm³/mol. The van der Waals surface area contributed by atoms with Gasteiger partial charge >= 0.3 is 6.18 Å². The fourth-order valence-electron chi connectivity index (χ4n) is 2.44. The fraction of sp³-hybridized carbons (Fsp3) is 0.571. The number of pyridine rings is 1. The van der Waals surface area contributed by atoms with Crippen molar-refractivity contribution in [2.45, 2.75) is 37.9 Å². The number of amides is 1. The van der Waals surface area contributed by atoms with Crippen LogP contribution in [0.4, 0.5) is 13.2 Å². The largest absolute Gasteiger partial charge is 0.417 e. The smallest absolute Gasteiger partial charge is 0.333 e. The summed E-state index contributed by atoms with van der Waals surface area (Å²) < 4.78 is 37.5. The number of halogens is 4. The number of alkyl halides is 4. The lowest BCUT2D eigenvalue weighted by Crippen LogP contribution is -2.41. The summed E-state index contributed by atoms with van der Waals surface area (Å²) in [5, 5.41) is 0. The second-order valence-corrected chi connectivity index (χ2v) is 5.39. The number of rotatable bonds is 2. The van der Waals surface area contributed by atoms with Crippen LogP contribution in [0.3, 0.4) is 0 Å². The van der Waals surface area contributed by atoms with Crippen molar-refractivity contribution < 1.29 is 18.0 Å². The van der Waals surface area contributed by atoms with E-state index in [0.717, 1.165) is 37.8 Å². The third-order valence-electron chi connectivity index (χ3n) is 3.63. The van der Waals surface area contributed by atoms with Crippen molar-refractivity contribution >= 4 is 17.5 Å². The molecule has 3 nitrogen and oxygen atoms in total. The van der Waals surface area contributed by atoms with Crippen LogP contribution in [0.2, 0.25) is 0 Å². The number of nitrogens with zero attached hydrogens (tertiary/aromatic N) is 2. The van der Waals surface area contributed by atoms with E-state index in [2.05, 4.69) is 4.98 Å². The Morgan fingerprint density at radius 3 is 2.67 bits per heavy atom. The quantitative estimate of drug-likeness (QED) is 0.778. The Morgan fingerprint density at radius 1 is 1.33 bits per heavy atom. The van der Waals surface area contributed by atoms with Gasteiger partial charge in [-0.15, -0.1) is 11.6 Å². The van der Waals surface area contributed by atoms with Crippen molar-refractivity contribution in [2.75, 3.05) is 12.4 Å². The maximum atomic E-state index is 12.5. The maximum absolute atomic E-state index is 12.5. The molecule has 0 spiro atoms. The van der Waals surface area contributed by atoms with Crippen LogP contribution in [0, 0.1) is 0 Å². The molecule has 1 atom stereocenters. The molecule has 0 bridgehead atoms. The summed E-state index contributed by atoms with van der Waals surface area (Å²) in [5.41, 5.74) is -0.830. The summed E-state index contributed by atoms with van der Waals surface area (Å²) in [5.74, 6) is -0.0249. The topological polar surface area (TPSA) is 33.2 Å². The Bertz CT molecular complexity index is 490. The fourth-order valence-corrected chi connectivity index (χ4v) is 2.76. The van der Waals surface area contributed by atoms with Crippen LogP contribution in [0.25, 0.3) is 0 Å². The minimum atomic E-state index is -4.45. The molecule has 0 radical (unpaired) electrons. The minimum Gasteiger partial charge on any atom is -0.333 e. The van der Waals surface area contributed by atoms with Crippen LogP contribution < -0.4 is 0 Å². The lowest BCUT2D eigenvalue weighted by Gasteiger charge is -2.28. The molecule has 0 aromatic carbocycles. The van der Waals surface area contributed by atoms with E-state index in [1.807, 2.05) is 0 Å². The number of hydrogen-bond donors (Lipinski definition) is 0. The van der Waals surface area contributed by atoms with Crippen molar-refractivity contribution in [2.24, 2.45) is 0 Å². The average molecular weight is 321 g/mol. The number of carbonyl (C=O) groups excluding carboxylic acids is 1. The van der Waals surface area contributed by atoms with Crippen LogP contribution in [-0.2, 0) is 6.18 Å². The van der Waals surface area contributed by atoms with Gasteiger partial charge in [0, 0.05) is 24.7 Å². The van der Waals surface area contributed by atoms with Gasteiger partial charge in [0.05, 0.1) is 5.56 Å². The van der Waals surface area contributed by atoms with Crippen LogP contribution in [-0.4, -0.2) is 34.3 Å².